The van der Waals surface area contributed by atoms with Crippen molar-refractivity contribution in [2.75, 3.05) is 0 Å². The van der Waals surface area contributed by atoms with Gasteiger partial charge in [0, 0.05) is 0 Å². The largest absolute Gasteiger partial charge is 0.0919 e. The Morgan fingerprint density at radius 1 is 1.15 bits per heavy atom. The number of hydrogen-bond donors (Lipinski definition) is 0. The summed E-state index contributed by atoms with van der Waals surface area (Å²) in [6.07, 6.45) is 3.52. The predicted octanol–water partition coefficient (Wildman–Crippen LogP) is 3.31. The van der Waals surface area contributed by atoms with Crippen molar-refractivity contribution in [3.63, 3.8) is 0 Å². The Balaban J connectivity index is 4.41. The molecule has 0 saturated heterocycles. The molecule has 0 aliphatic rings. The minimum absolute atomic E-state index is 0.0250. The van der Waals surface area contributed by atoms with Crippen LogP contribution < -0.4 is 0 Å². The maximum atomic E-state index is 6.16. The van der Waals surface area contributed by atoms with Crippen LogP contribution in [-0.2, 0) is 0 Å². The van der Waals surface area contributed by atoms with Crippen LogP contribution in [-0.4, -0.2) is 15.7 Å². The van der Waals surface area contributed by atoms with Gasteiger partial charge in [0.1, 0.15) is 0 Å². The lowest BCUT2D eigenvalue weighted by molar-refractivity contribution is 0.228. The molecule has 0 unspecified atom stereocenters. The maximum absolute atomic E-state index is 6.16. The van der Waals surface area contributed by atoms with Crippen molar-refractivity contribution in [2.45, 2.75) is 59.1 Å². The van der Waals surface area contributed by atoms with Crippen LogP contribution in [0.3, 0.4) is 0 Å². The van der Waals surface area contributed by atoms with E-state index in [0.717, 1.165) is 6.42 Å². The molecular weight excluding hydrogens is 154 g/mol. The van der Waals surface area contributed by atoms with Gasteiger partial charge < -0.3 is 0 Å². The van der Waals surface area contributed by atoms with E-state index in [0.29, 0.717) is 5.92 Å². The average Bonchev–Trinajstić information content (AvgIpc) is 2.00. The van der Waals surface area contributed by atoms with Gasteiger partial charge in [-0.3, -0.25) is 0 Å². The molecular formula is C11H22B2. The molecule has 0 nitrogen and oxygen atoms in total. The number of hydrogen-bond acceptors (Lipinski definition) is 0. The van der Waals surface area contributed by atoms with E-state index >= 15 is 0 Å². The number of rotatable bonds is 5. The third-order valence-electron chi connectivity index (χ3n) is 3.28. The van der Waals surface area contributed by atoms with Gasteiger partial charge in [-0.25, -0.2) is 0 Å². The summed E-state index contributed by atoms with van der Waals surface area (Å²) in [4.78, 5) is 0. The number of unbranched alkanes of at least 4 members (excludes halogenated alkanes) is 1. The molecule has 0 bridgehead atoms. The molecule has 0 aliphatic carbocycles. The van der Waals surface area contributed by atoms with Crippen LogP contribution in [0.1, 0.15) is 53.9 Å². The summed E-state index contributed by atoms with van der Waals surface area (Å²) in [6.45, 7) is 10.7. The van der Waals surface area contributed by atoms with Gasteiger partial charge in [-0.1, -0.05) is 58.6 Å². The summed E-state index contributed by atoms with van der Waals surface area (Å²) >= 11 is 0. The summed E-state index contributed by atoms with van der Waals surface area (Å²) in [5.74, 6) is 0.319. The van der Waals surface area contributed by atoms with Crippen molar-refractivity contribution < 1.29 is 0 Å². The Morgan fingerprint density at radius 2 is 1.62 bits per heavy atom. The summed E-state index contributed by atoms with van der Waals surface area (Å²) in [5, 5.41) is -0.553. The molecule has 0 spiro atoms. The van der Waals surface area contributed by atoms with Crippen LogP contribution in [0.25, 0.3) is 0 Å². The lowest BCUT2D eigenvalue weighted by Gasteiger charge is -2.46. The van der Waals surface area contributed by atoms with E-state index in [2.05, 4.69) is 34.6 Å². The Hall–Kier alpha value is 0.130. The van der Waals surface area contributed by atoms with Gasteiger partial charge in [0.25, 0.3) is 0 Å². The predicted molar refractivity (Wildman–Crippen MR) is 62.3 cm³/mol. The van der Waals surface area contributed by atoms with E-state index in [1.165, 1.54) is 12.8 Å². The van der Waals surface area contributed by atoms with Crippen molar-refractivity contribution >= 4 is 15.7 Å². The Labute approximate surface area is 86.7 Å². The van der Waals surface area contributed by atoms with Crippen molar-refractivity contribution in [1.82, 2.24) is 0 Å². The fourth-order valence-corrected chi connectivity index (χ4v) is 1.62. The SMILES string of the molecule is [B]C([B])(C(C)C)C(C)(C)CCCC. The highest BCUT2D eigenvalue weighted by molar-refractivity contribution is 6.40. The Kier molecular flexibility index (Phi) is 4.62. The van der Waals surface area contributed by atoms with Crippen LogP contribution in [0.2, 0.25) is 5.21 Å². The molecule has 72 valence electrons. The first-order valence-corrected chi connectivity index (χ1v) is 5.33. The second-order valence-corrected chi connectivity index (χ2v) is 5.08. The fraction of sp³-hybridized carbons (Fsp3) is 1.00. The lowest BCUT2D eigenvalue weighted by atomic mass is 9.38. The molecule has 0 atom stereocenters. The summed E-state index contributed by atoms with van der Waals surface area (Å²) in [5.41, 5.74) is 0.0250. The van der Waals surface area contributed by atoms with Gasteiger partial charge in [0.2, 0.25) is 0 Å². The summed E-state index contributed by atoms with van der Waals surface area (Å²) in [7, 11) is 12.3. The van der Waals surface area contributed by atoms with Crippen molar-refractivity contribution in [2.24, 2.45) is 11.3 Å². The summed E-state index contributed by atoms with van der Waals surface area (Å²) < 4.78 is 0. The smallest absolute Gasteiger partial charge is 0.0631 e. The van der Waals surface area contributed by atoms with E-state index in [4.69, 9.17) is 15.7 Å². The first-order valence-electron chi connectivity index (χ1n) is 5.33. The van der Waals surface area contributed by atoms with Gasteiger partial charge in [-0.15, -0.1) is 0 Å². The molecule has 2 heteroatoms. The molecule has 0 aromatic heterocycles. The van der Waals surface area contributed by atoms with Crippen LogP contribution in [0, 0.1) is 11.3 Å². The Bertz CT molecular complexity index is 148. The first kappa shape index (κ1) is 13.1. The standard InChI is InChI=1S/C11H22B2/c1-6-7-8-10(4,5)11(12,13)9(2)3/h9H,6-8H2,1-5H3. The molecule has 0 N–H and O–H groups in total. The highest BCUT2D eigenvalue weighted by Gasteiger charge is 2.37. The van der Waals surface area contributed by atoms with Gasteiger partial charge in [-0.05, 0) is 11.8 Å². The third kappa shape index (κ3) is 3.07. The van der Waals surface area contributed by atoms with E-state index in [1.54, 1.807) is 0 Å². The maximum Gasteiger partial charge on any atom is 0.0631 e. The molecule has 0 aliphatic heterocycles. The first-order chi connectivity index (χ1) is 5.75. The van der Waals surface area contributed by atoms with E-state index in [-0.39, 0.29) is 5.41 Å². The molecule has 0 saturated carbocycles. The zero-order valence-corrected chi connectivity index (χ0v) is 9.85. The van der Waals surface area contributed by atoms with E-state index in [1.807, 2.05) is 0 Å². The van der Waals surface area contributed by atoms with Gasteiger partial charge in [-0.2, -0.15) is 0 Å². The van der Waals surface area contributed by atoms with Gasteiger partial charge >= 0.3 is 0 Å². The second-order valence-electron chi connectivity index (χ2n) is 5.08. The quantitative estimate of drug-likeness (QED) is 0.563. The van der Waals surface area contributed by atoms with Crippen molar-refractivity contribution in [3.8, 4) is 0 Å². The minimum Gasteiger partial charge on any atom is -0.0919 e. The zero-order valence-electron chi connectivity index (χ0n) is 9.85. The minimum atomic E-state index is -0.553. The second kappa shape index (κ2) is 4.57. The summed E-state index contributed by atoms with van der Waals surface area (Å²) in [6, 6.07) is 0. The van der Waals surface area contributed by atoms with Crippen LogP contribution in [0.15, 0.2) is 0 Å². The molecule has 0 aromatic rings. The molecule has 0 rings (SSSR count). The lowest BCUT2D eigenvalue weighted by Crippen LogP contribution is -2.36. The van der Waals surface area contributed by atoms with Crippen molar-refractivity contribution in [1.29, 1.82) is 0 Å². The molecule has 13 heavy (non-hydrogen) atoms. The fourth-order valence-electron chi connectivity index (χ4n) is 1.62. The monoisotopic (exact) mass is 176 g/mol. The zero-order chi connectivity index (χ0) is 10.7. The van der Waals surface area contributed by atoms with Gasteiger partial charge in [0.05, 0.1) is 15.7 Å². The van der Waals surface area contributed by atoms with Crippen LogP contribution in [0.5, 0.6) is 0 Å². The van der Waals surface area contributed by atoms with E-state index in [9.17, 15) is 0 Å². The van der Waals surface area contributed by atoms with Gasteiger partial charge in [0.15, 0.2) is 0 Å². The Morgan fingerprint density at radius 3 is 1.92 bits per heavy atom. The third-order valence-corrected chi connectivity index (χ3v) is 3.28. The topological polar surface area (TPSA) is 0 Å². The highest BCUT2D eigenvalue weighted by Crippen LogP contribution is 2.48. The van der Waals surface area contributed by atoms with Crippen molar-refractivity contribution in [3.05, 3.63) is 0 Å². The molecule has 0 aromatic carbocycles. The molecule has 0 heterocycles. The molecule has 0 fully saturated rings. The molecule has 0 amide bonds. The molecule has 4 radical (unpaired) electrons. The average molecular weight is 176 g/mol. The van der Waals surface area contributed by atoms with Crippen LogP contribution in [0.4, 0.5) is 0 Å². The normalized spacial score (nSPS) is 13.7. The highest BCUT2D eigenvalue weighted by atomic mass is 14.4. The van der Waals surface area contributed by atoms with Crippen LogP contribution >= 0.6 is 0 Å². The van der Waals surface area contributed by atoms with E-state index < -0.39 is 5.21 Å².